The van der Waals surface area contributed by atoms with E-state index in [1.165, 1.54) is 6.08 Å². The first-order chi connectivity index (χ1) is 13.4. The normalized spacial score (nSPS) is 17.1. The maximum absolute atomic E-state index is 12.7. The number of ether oxygens (including phenoxy) is 2. The molecule has 28 heavy (non-hydrogen) atoms. The molecule has 0 atom stereocenters. The number of benzene rings is 1. The van der Waals surface area contributed by atoms with Crippen LogP contribution in [-0.4, -0.2) is 56.5 Å². The minimum Gasteiger partial charge on any atom is -0.482 e. The molecule has 0 saturated heterocycles. The molecular formula is C18H19N3O6S. The lowest BCUT2D eigenvalue weighted by molar-refractivity contribution is -0.145. The van der Waals surface area contributed by atoms with Crippen LogP contribution in [0.25, 0.3) is 0 Å². The van der Waals surface area contributed by atoms with Gasteiger partial charge in [0.25, 0.3) is 15.9 Å². The minimum absolute atomic E-state index is 0.0981. The molecule has 0 spiro atoms. The second kappa shape index (κ2) is 8.26. The maximum atomic E-state index is 12.7. The van der Waals surface area contributed by atoms with Crippen molar-refractivity contribution < 1.29 is 27.5 Å². The van der Waals surface area contributed by atoms with Gasteiger partial charge in [-0.25, -0.2) is 13.2 Å². The van der Waals surface area contributed by atoms with Crippen molar-refractivity contribution in [2.45, 2.75) is 6.92 Å². The molecule has 0 saturated carbocycles. The van der Waals surface area contributed by atoms with Crippen molar-refractivity contribution in [2.24, 2.45) is 4.40 Å². The van der Waals surface area contributed by atoms with Crippen LogP contribution in [0.4, 0.5) is 5.69 Å². The highest BCUT2D eigenvalue weighted by molar-refractivity contribution is 7.90. The van der Waals surface area contributed by atoms with Gasteiger partial charge in [-0.05, 0) is 31.2 Å². The van der Waals surface area contributed by atoms with E-state index >= 15 is 0 Å². The Bertz CT molecular complexity index is 981. The number of allylic oxidation sites excluding steroid dienone is 2. The number of rotatable bonds is 6. The molecule has 1 N–H and O–H groups in total. The van der Waals surface area contributed by atoms with Gasteiger partial charge in [-0.3, -0.25) is 4.79 Å². The molecule has 0 aromatic heterocycles. The standard InChI is InChI=1S/C18H19N3O6S/c1-2-26-16(22)12-27-14-6-3-5-13(11-14)19-18(23)15-7-4-8-21-9-10-28(24,25)20-17(15)21/h3-8,11H,2,9-10,12H2,1H3,(H,19,23). The van der Waals surface area contributed by atoms with E-state index in [2.05, 4.69) is 9.71 Å². The van der Waals surface area contributed by atoms with Crippen LogP contribution < -0.4 is 10.1 Å². The largest absolute Gasteiger partial charge is 0.482 e. The number of amidine groups is 1. The number of fused-ring (bicyclic) bond motifs is 1. The quantitative estimate of drug-likeness (QED) is 0.704. The van der Waals surface area contributed by atoms with E-state index in [-0.39, 0.29) is 36.9 Å². The molecule has 9 nitrogen and oxygen atoms in total. The zero-order valence-corrected chi connectivity index (χ0v) is 15.9. The van der Waals surface area contributed by atoms with Crippen molar-refractivity contribution in [1.29, 1.82) is 0 Å². The lowest BCUT2D eigenvalue weighted by atomic mass is 10.1. The lowest BCUT2D eigenvalue weighted by Gasteiger charge is -2.28. The van der Waals surface area contributed by atoms with E-state index < -0.39 is 21.9 Å². The topological polar surface area (TPSA) is 114 Å². The number of carbonyl (C=O) groups excluding carboxylic acids is 2. The third-order valence-electron chi connectivity index (χ3n) is 3.86. The highest BCUT2D eigenvalue weighted by atomic mass is 32.2. The fourth-order valence-corrected chi connectivity index (χ4v) is 3.59. The summed E-state index contributed by atoms with van der Waals surface area (Å²) < 4.78 is 37.4. The smallest absolute Gasteiger partial charge is 0.344 e. The molecule has 148 valence electrons. The Balaban J connectivity index is 1.72. The van der Waals surface area contributed by atoms with Crippen molar-refractivity contribution >= 4 is 33.4 Å². The molecular weight excluding hydrogens is 386 g/mol. The van der Waals surface area contributed by atoms with Gasteiger partial charge in [0.15, 0.2) is 12.4 Å². The Hall–Kier alpha value is -3.14. The molecule has 0 aliphatic carbocycles. The second-order valence-corrected chi connectivity index (χ2v) is 7.65. The molecule has 0 unspecified atom stereocenters. The zero-order chi connectivity index (χ0) is 20.1. The molecule has 2 aliphatic heterocycles. The molecule has 0 radical (unpaired) electrons. The number of anilines is 1. The van der Waals surface area contributed by atoms with Gasteiger partial charge in [-0.2, -0.15) is 0 Å². The van der Waals surface area contributed by atoms with Crippen LogP contribution in [0.2, 0.25) is 0 Å². The minimum atomic E-state index is -3.59. The van der Waals surface area contributed by atoms with E-state index in [9.17, 15) is 18.0 Å². The Labute approximate surface area is 162 Å². The summed E-state index contributed by atoms with van der Waals surface area (Å²) in [4.78, 5) is 25.7. The van der Waals surface area contributed by atoms with Crippen molar-refractivity contribution in [2.75, 3.05) is 30.8 Å². The first-order valence-corrected chi connectivity index (χ1v) is 10.2. The maximum Gasteiger partial charge on any atom is 0.344 e. The number of carbonyl (C=O) groups is 2. The highest BCUT2D eigenvalue weighted by Gasteiger charge is 2.29. The van der Waals surface area contributed by atoms with Crippen LogP contribution in [0.1, 0.15) is 6.92 Å². The van der Waals surface area contributed by atoms with Crippen molar-refractivity contribution in [1.82, 2.24) is 4.90 Å². The number of hydrogen-bond acceptors (Lipinski definition) is 7. The Morgan fingerprint density at radius 3 is 2.93 bits per heavy atom. The molecule has 1 amide bonds. The lowest BCUT2D eigenvalue weighted by Crippen LogP contribution is -2.40. The highest BCUT2D eigenvalue weighted by Crippen LogP contribution is 2.21. The van der Waals surface area contributed by atoms with Gasteiger partial charge >= 0.3 is 5.97 Å². The zero-order valence-electron chi connectivity index (χ0n) is 15.1. The van der Waals surface area contributed by atoms with E-state index in [1.54, 1.807) is 48.4 Å². The van der Waals surface area contributed by atoms with Crippen LogP contribution in [0.15, 0.2) is 52.6 Å². The van der Waals surface area contributed by atoms with Crippen LogP contribution in [0, 0.1) is 0 Å². The van der Waals surface area contributed by atoms with Gasteiger partial charge in [-0.1, -0.05) is 6.07 Å². The number of hydrogen-bond donors (Lipinski definition) is 1. The molecule has 10 heteroatoms. The summed E-state index contributed by atoms with van der Waals surface area (Å²) in [6, 6.07) is 6.48. The van der Waals surface area contributed by atoms with Crippen LogP contribution in [0.3, 0.4) is 0 Å². The number of sulfonamides is 1. The number of amides is 1. The monoisotopic (exact) mass is 405 g/mol. The summed E-state index contributed by atoms with van der Waals surface area (Å²) in [7, 11) is -3.59. The second-order valence-electron chi connectivity index (χ2n) is 5.89. The van der Waals surface area contributed by atoms with E-state index in [0.717, 1.165) is 0 Å². The predicted molar refractivity (Wildman–Crippen MR) is 102 cm³/mol. The molecule has 1 aromatic rings. The molecule has 2 aliphatic rings. The van der Waals surface area contributed by atoms with Crippen molar-refractivity contribution in [3.8, 4) is 5.75 Å². The van der Waals surface area contributed by atoms with Gasteiger partial charge in [-0.15, -0.1) is 4.40 Å². The fourth-order valence-electron chi connectivity index (χ4n) is 2.60. The average molecular weight is 405 g/mol. The molecule has 0 bridgehead atoms. The Kier molecular flexibility index (Phi) is 5.78. The van der Waals surface area contributed by atoms with Crippen molar-refractivity contribution in [3.63, 3.8) is 0 Å². The first kappa shape index (κ1) is 19.6. The first-order valence-electron chi connectivity index (χ1n) is 8.56. The van der Waals surface area contributed by atoms with Gasteiger partial charge < -0.3 is 19.7 Å². The van der Waals surface area contributed by atoms with E-state index in [0.29, 0.717) is 11.4 Å². The van der Waals surface area contributed by atoms with Crippen LogP contribution >= 0.6 is 0 Å². The van der Waals surface area contributed by atoms with E-state index in [4.69, 9.17) is 9.47 Å². The summed E-state index contributed by atoms with van der Waals surface area (Å²) in [5.74, 6) is -0.626. The number of esters is 1. The van der Waals surface area contributed by atoms with Gasteiger partial charge in [0.05, 0.1) is 17.9 Å². The Morgan fingerprint density at radius 1 is 1.32 bits per heavy atom. The van der Waals surface area contributed by atoms with Crippen LogP contribution in [-0.2, 0) is 24.3 Å². The summed E-state index contributed by atoms with van der Waals surface area (Å²) >= 11 is 0. The molecule has 0 fully saturated rings. The van der Waals surface area contributed by atoms with Crippen LogP contribution in [0.5, 0.6) is 5.75 Å². The summed E-state index contributed by atoms with van der Waals surface area (Å²) in [6.45, 7) is 1.95. The summed E-state index contributed by atoms with van der Waals surface area (Å²) in [5, 5.41) is 2.69. The third kappa shape index (κ3) is 4.77. The summed E-state index contributed by atoms with van der Waals surface area (Å²) in [5.41, 5.74) is 0.566. The van der Waals surface area contributed by atoms with Gasteiger partial charge in [0, 0.05) is 24.5 Å². The average Bonchev–Trinajstić information content (AvgIpc) is 2.66. The fraction of sp³-hybridized carbons (Fsp3) is 0.278. The molecule has 2 heterocycles. The number of nitrogens with one attached hydrogen (secondary N) is 1. The van der Waals surface area contributed by atoms with Crippen molar-refractivity contribution in [3.05, 3.63) is 48.2 Å². The predicted octanol–water partition coefficient (Wildman–Crippen LogP) is 1.06. The Morgan fingerprint density at radius 2 is 2.14 bits per heavy atom. The molecule has 1 aromatic carbocycles. The SMILES string of the molecule is CCOC(=O)COc1cccc(NC(=O)C2=CC=CN3CCS(=O)(=O)N=C23)c1. The summed E-state index contributed by atoms with van der Waals surface area (Å²) in [6.07, 6.45) is 4.84. The third-order valence-corrected chi connectivity index (χ3v) is 5.01. The van der Waals surface area contributed by atoms with Gasteiger partial charge in [0.1, 0.15) is 5.75 Å². The van der Waals surface area contributed by atoms with E-state index in [1.807, 2.05) is 0 Å². The van der Waals surface area contributed by atoms with Gasteiger partial charge in [0.2, 0.25) is 0 Å². The molecule has 3 rings (SSSR count). The number of nitrogens with zero attached hydrogens (tertiary/aromatic N) is 2.